The summed E-state index contributed by atoms with van der Waals surface area (Å²) in [7, 11) is 1.56. The molecule has 0 aromatic heterocycles. The Kier molecular flexibility index (Phi) is 4.57. The summed E-state index contributed by atoms with van der Waals surface area (Å²) in [6, 6.07) is 14.3. The van der Waals surface area contributed by atoms with Gasteiger partial charge in [0.2, 0.25) is 11.8 Å². The molecule has 0 aliphatic heterocycles. The second-order valence-corrected chi connectivity index (χ2v) is 6.64. The molecular formula is C18H17BrN2O3. The summed E-state index contributed by atoms with van der Waals surface area (Å²) in [5, 5.41) is 5.62. The minimum absolute atomic E-state index is 0.273. The molecule has 1 aliphatic rings. The van der Waals surface area contributed by atoms with E-state index in [1.165, 1.54) is 0 Å². The van der Waals surface area contributed by atoms with Gasteiger partial charge in [-0.15, -0.1) is 0 Å². The Balaban J connectivity index is 1.69. The van der Waals surface area contributed by atoms with E-state index in [1.54, 1.807) is 43.5 Å². The zero-order valence-corrected chi connectivity index (χ0v) is 14.7. The first-order valence-electron chi connectivity index (χ1n) is 7.56. The number of nitrogens with one attached hydrogen (secondary N) is 2. The minimum atomic E-state index is -0.990. The van der Waals surface area contributed by atoms with Gasteiger partial charge in [0.05, 0.1) is 7.11 Å². The van der Waals surface area contributed by atoms with Crippen LogP contribution in [-0.4, -0.2) is 18.9 Å². The van der Waals surface area contributed by atoms with Gasteiger partial charge in [-0.2, -0.15) is 0 Å². The standard InChI is InChI=1S/C18H17BrN2O3/c1-24-15-4-2-3-14(11-15)21-17(23)18(9-10-18)16(22)20-13-7-5-12(19)6-8-13/h2-8,11H,9-10H2,1H3,(H,20,22)(H,21,23). The number of benzene rings is 2. The van der Waals surface area contributed by atoms with Crippen molar-refractivity contribution in [1.29, 1.82) is 0 Å². The lowest BCUT2D eigenvalue weighted by Crippen LogP contribution is -2.35. The molecule has 24 heavy (non-hydrogen) atoms. The number of carbonyl (C=O) groups excluding carboxylic acids is 2. The van der Waals surface area contributed by atoms with Crippen LogP contribution >= 0.6 is 15.9 Å². The topological polar surface area (TPSA) is 67.4 Å². The van der Waals surface area contributed by atoms with Crippen molar-refractivity contribution in [2.75, 3.05) is 17.7 Å². The van der Waals surface area contributed by atoms with Crippen LogP contribution in [0.5, 0.6) is 5.75 Å². The predicted molar refractivity (Wildman–Crippen MR) is 96.1 cm³/mol. The maximum atomic E-state index is 12.6. The highest BCUT2D eigenvalue weighted by atomic mass is 79.9. The average molecular weight is 389 g/mol. The molecule has 0 bridgehead atoms. The number of hydrogen-bond donors (Lipinski definition) is 2. The normalized spacial score (nSPS) is 14.6. The van der Waals surface area contributed by atoms with E-state index in [1.807, 2.05) is 12.1 Å². The lowest BCUT2D eigenvalue weighted by atomic mass is 10.0. The highest BCUT2D eigenvalue weighted by Crippen LogP contribution is 2.47. The molecular weight excluding hydrogens is 372 g/mol. The average Bonchev–Trinajstić information content (AvgIpc) is 3.39. The van der Waals surface area contributed by atoms with Gasteiger partial charge in [-0.1, -0.05) is 22.0 Å². The maximum absolute atomic E-state index is 12.6. The van der Waals surface area contributed by atoms with Gasteiger partial charge in [0, 0.05) is 21.9 Å². The Hall–Kier alpha value is -2.34. The van der Waals surface area contributed by atoms with Gasteiger partial charge in [-0.25, -0.2) is 0 Å². The Labute approximate surface area is 148 Å². The molecule has 1 fully saturated rings. The summed E-state index contributed by atoms with van der Waals surface area (Å²) >= 11 is 3.35. The molecule has 2 amide bonds. The van der Waals surface area contributed by atoms with Crippen LogP contribution in [0.25, 0.3) is 0 Å². The smallest absolute Gasteiger partial charge is 0.240 e. The van der Waals surface area contributed by atoms with Crippen LogP contribution in [0.3, 0.4) is 0 Å². The lowest BCUT2D eigenvalue weighted by molar-refractivity contribution is -0.131. The van der Waals surface area contributed by atoms with Gasteiger partial charge in [0.1, 0.15) is 11.2 Å². The van der Waals surface area contributed by atoms with Crippen LogP contribution in [0.15, 0.2) is 53.0 Å². The van der Waals surface area contributed by atoms with Crippen molar-refractivity contribution in [1.82, 2.24) is 0 Å². The monoisotopic (exact) mass is 388 g/mol. The van der Waals surface area contributed by atoms with Crippen molar-refractivity contribution in [2.45, 2.75) is 12.8 Å². The zero-order valence-electron chi connectivity index (χ0n) is 13.1. The molecule has 0 unspecified atom stereocenters. The molecule has 3 rings (SSSR count). The first-order valence-corrected chi connectivity index (χ1v) is 8.35. The summed E-state index contributed by atoms with van der Waals surface area (Å²) in [6.45, 7) is 0. The van der Waals surface area contributed by atoms with Crippen LogP contribution in [0.2, 0.25) is 0 Å². The van der Waals surface area contributed by atoms with Crippen molar-refractivity contribution in [3.05, 3.63) is 53.0 Å². The van der Waals surface area contributed by atoms with Crippen LogP contribution < -0.4 is 15.4 Å². The van der Waals surface area contributed by atoms with E-state index in [0.717, 1.165) is 4.47 Å². The molecule has 124 valence electrons. The van der Waals surface area contributed by atoms with Crippen molar-refractivity contribution < 1.29 is 14.3 Å². The summed E-state index contributed by atoms with van der Waals surface area (Å²) in [6.07, 6.45) is 1.09. The van der Waals surface area contributed by atoms with E-state index in [0.29, 0.717) is 30.0 Å². The van der Waals surface area contributed by atoms with Crippen molar-refractivity contribution >= 4 is 39.1 Å². The Morgan fingerprint density at radius 3 is 2.21 bits per heavy atom. The number of halogens is 1. The molecule has 0 atom stereocenters. The van der Waals surface area contributed by atoms with Crippen LogP contribution in [0.4, 0.5) is 11.4 Å². The van der Waals surface area contributed by atoms with Crippen LogP contribution in [0, 0.1) is 5.41 Å². The molecule has 0 radical (unpaired) electrons. The summed E-state index contributed by atoms with van der Waals surface area (Å²) in [5.41, 5.74) is 0.293. The maximum Gasteiger partial charge on any atom is 0.240 e. The van der Waals surface area contributed by atoms with Gasteiger partial charge >= 0.3 is 0 Å². The third-order valence-electron chi connectivity index (χ3n) is 4.05. The lowest BCUT2D eigenvalue weighted by Gasteiger charge is -2.16. The minimum Gasteiger partial charge on any atom is -0.497 e. The highest BCUT2D eigenvalue weighted by Gasteiger charge is 2.56. The van der Waals surface area contributed by atoms with Gasteiger partial charge in [0.25, 0.3) is 0 Å². The second kappa shape index (κ2) is 6.65. The molecule has 0 heterocycles. The van der Waals surface area contributed by atoms with Crippen molar-refractivity contribution in [3.63, 3.8) is 0 Å². The van der Waals surface area contributed by atoms with Crippen LogP contribution in [-0.2, 0) is 9.59 Å². The van der Waals surface area contributed by atoms with E-state index in [-0.39, 0.29) is 11.8 Å². The Morgan fingerprint density at radius 1 is 1.00 bits per heavy atom. The van der Waals surface area contributed by atoms with E-state index in [9.17, 15) is 9.59 Å². The molecule has 2 aromatic rings. The van der Waals surface area contributed by atoms with E-state index < -0.39 is 5.41 Å². The summed E-state index contributed by atoms with van der Waals surface area (Å²) in [5.74, 6) is 0.0903. The van der Waals surface area contributed by atoms with Gasteiger partial charge in [-0.3, -0.25) is 9.59 Å². The fraction of sp³-hybridized carbons (Fsp3) is 0.222. The molecule has 0 spiro atoms. The number of ether oxygens (including phenoxy) is 1. The van der Waals surface area contributed by atoms with Crippen molar-refractivity contribution in [3.8, 4) is 5.75 Å². The molecule has 2 N–H and O–H groups in total. The molecule has 2 aromatic carbocycles. The summed E-state index contributed by atoms with van der Waals surface area (Å²) in [4.78, 5) is 25.1. The number of anilines is 2. The number of methoxy groups -OCH3 is 1. The highest BCUT2D eigenvalue weighted by molar-refractivity contribution is 9.10. The number of hydrogen-bond acceptors (Lipinski definition) is 3. The predicted octanol–water partition coefficient (Wildman–Crippen LogP) is 3.82. The molecule has 0 saturated heterocycles. The number of carbonyl (C=O) groups is 2. The fourth-order valence-corrected chi connectivity index (χ4v) is 2.68. The zero-order chi connectivity index (χ0) is 17.2. The quantitative estimate of drug-likeness (QED) is 0.765. The van der Waals surface area contributed by atoms with Crippen LogP contribution in [0.1, 0.15) is 12.8 Å². The largest absolute Gasteiger partial charge is 0.497 e. The first kappa shape index (κ1) is 16.5. The molecule has 1 aliphatic carbocycles. The number of amides is 2. The number of rotatable bonds is 5. The second-order valence-electron chi connectivity index (χ2n) is 5.73. The van der Waals surface area contributed by atoms with Gasteiger partial charge in [-0.05, 0) is 49.2 Å². The molecule has 6 heteroatoms. The third-order valence-corrected chi connectivity index (χ3v) is 4.58. The summed E-state index contributed by atoms with van der Waals surface area (Å²) < 4.78 is 6.07. The SMILES string of the molecule is COc1cccc(NC(=O)C2(C(=O)Nc3ccc(Br)cc3)CC2)c1. The van der Waals surface area contributed by atoms with Gasteiger partial charge < -0.3 is 15.4 Å². The fourth-order valence-electron chi connectivity index (χ4n) is 2.42. The third kappa shape index (κ3) is 3.43. The first-order chi connectivity index (χ1) is 11.5. The van der Waals surface area contributed by atoms with E-state index >= 15 is 0 Å². The Morgan fingerprint density at radius 2 is 1.62 bits per heavy atom. The van der Waals surface area contributed by atoms with E-state index in [2.05, 4.69) is 26.6 Å². The van der Waals surface area contributed by atoms with E-state index in [4.69, 9.17) is 4.74 Å². The molecule has 5 nitrogen and oxygen atoms in total. The Bertz CT molecular complexity index is 770. The van der Waals surface area contributed by atoms with Crippen molar-refractivity contribution in [2.24, 2.45) is 5.41 Å². The van der Waals surface area contributed by atoms with Gasteiger partial charge in [0.15, 0.2) is 0 Å². The molecule has 1 saturated carbocycles.